The van der Waals surface area contributed by atoms with Crippen molar-refractivity contribution >= 4 is 5.97 Å². The Labute approximate surface area is 93.5 Å². The van der Waals surface area contributed by atoms with Gasteiger partial charge in [0.15, 0.2) is 0 Å². The van der Waals surface area contributed by atoms with Gasteiger partial charge in [-0.3, -0.25) is 4.90 Å². The average Bonchev–Trinajstić information content (AvgIpc) is 3.03. The second-order valence-electron chi connectivity index (χ2n) is 4.25. The van der Waals surface area contributed by atoms with Gasteiger partial charge >= 0.3 is 5.97 Å². The molecule has 1 N–H and O–H groups in total. The molecule has 0 aliphatic heterocycles. The Balaban J connectivity index is 2.21. The van der Waals surface area contributed by atoms with E-state index in [4.69, 9.17) is 5.11 Å². The van der Waals surface area contributed by atoms with Crippen molar-refractivity contribution in [2.45, 2.75) is 25.4 Å². The summed E-state index contributed by atoms with van der Waals surface area (Å²) in [5, 5.41) is 8.97. The fraction of sp³-hybridized carbons (Fsp3) is 0.417. The minimum Gasteiger partial charge on any atom is -0.478 e. The zero-order chi connectivity index (χ0) is 11.7. The van der Waals surface area contributed by atoms with Crippen molar-refractivity contribution in [2.75, 3.05) is 7.05 Å². The molecule has 0 atom stereocenters. The van der Waals surface area contributed by atoms with Crippen molar-refractivity contribution in [3.63, 3.8) is 0 Å². The Bertz CT molecular complexity index is 415. The zero-order valence-electron chi connectivity index (χ0n) is 9.11. The molecule has 1 aliphatic carbocycles. The van der Waals surface area contributed by atoms with Crippen LogP contribution < -0.4 is 0 Å². The SMILES string of the molecule is CN(Cc1ccc(F)cc1C(=O)O)C1CC1. The molecule has 0 aromatic heterocycles. The summed E-state index contributed by atoms with van der Waals surface area (Å²) in [7, 11) is 1.96. The number of nitrogens with zero attached hydrogens (tertiary/aromatic N) is 1. The third kappa shape index (κ3) is 2.39. The lowest BCUT2D eigenvalue weighted by Crippen LogP contribution is -2.21. The molecule has 86 valence electrons. The number of aromatic carboxylic acids is 1. The van der Waals surface area contributed by atoms with E-state index >= 15 is 0 Å². The second-order valence-corrected chi connectivity index (χ2v) is 4.25. The van der Waals surface area contributed by atoms with Crippen LogP contribution in [0.4, 0.5) is 4.39 Å². The minimum absolute atomic E-state index is 0.0625. The Morgan fingerprint density at radius 1 is 1.56 bits per heavy atom. The number of halogens is 1. The maximum Gasteiger partial charge on any atom is 0.336 e. The van der Waals surface area contributed by atoms with Gasteiger partial charge in [0.25, 0.3) is 0 Å². The lowest BCUT2D eigenvalue weighted by Gasteiger charge is -2.16. The molecule has 16 heavy (non-hydrogen) atoms. The van der Waals surface area contributed by atoms with Crippen molar-refractivity contribution < 1.29 is 14.3 Å². The van der Waals surface area contributed by atoms with Gasteiger partial charge in [0.1, 0.15) is 5.82 Å². The molecule has 0 saturated heterocycles. The molecule has 0 amide bonds. The van der Waals surface area contributed by atoms with E-state index in [9.17, 15) is 9.18 Å². The van der Waals surface area contributed by atoms with Gasteiger partial charge in [-0.05, 0) is 37.6 Å². The molecule has 1 fully saturated rings. The summed E-state index contributed by atoms with van der Waals surface area (Å²) in [6, 6.07) is 4.50. The summed E-state index contributed by atoms with van der Waals surface area (Å²) in [6.07, 6.45) is 2.33. The van der Waals surface area contributed by atoms with Gasteiger partial charge in [-0.2, -0.15) is 0 Å². The first kappa shape index (κ1) is 11.1. The van der Waals surface area contributed by atoms with E-state index in [0.717, 1.165) is 6.07 Å². The molecule has 1 saturated carbocycles. The monoisotopic (exact) mass is 223 g/mol. The third-order valence-electron chi connectivity index (χ3n) is 2.89. The fourth-order valence-corrected chi connectivity index (χ4v) is 1.80. The summed E-state index contributed by atoms with van der Waals surface area (Å²) in [5.74, 6) is -1.58. The summed E-state index contributed by atoms with van der Waals surface area (Å²) in [6.45, 7) is 0.562. The molecule has 0 bridgehead atoms. The summed E-state index contributed by atoms with van der Waals surface area (Å²) < 4.78 is 12.9. The smallest absolute Gasteiger partial charge is 0.336 e. The molecular weight excluding hydrogens is 209 g/mol. The van der Waals surface area contributed by atoms with E-state index in [1.807, 2.05) is 7.05 Å². The maximum absolute atomic E-state index is 12.9. The van der Waals surface area contributed by atoms with E-state index in [-0.39, 0.29) is 5.56 Å². The highest BCUT2D eigenvalue weighted by Gasteiger charge is 2.26. The molecular formula is C12H14FNO2. The van der Waals surface area contributed by atoms with Crippen LogP contribution in [0.3, 0.4) is 0 Å². The van der Waals surface area contributed by atoms with E-state index in [1.54, 1.807) is 6.07 Å². The van der Waals surface area contributed by atoms with Crippen LogP contribution in [0.25, 0.3) is 0 Å². The first-order valence-electron chi connectivity index (χ1n) is 5.30. The Morgan fingerprint density at radius 3 is 2.81 bits per heavy atom. The first-order chi connectivity index (χ1) is 7.58. The van der Waals surface area contributed by atoms with E-state index < -0.39 is 11.8 Å². The zero-order valence-corrected chi connectivity index (χ0v) is 9.11. The van der Waals surface area contributed by atoms with Crippen molar-refractivity contribution in [3.05, 3.63) is 35.1 Å². The lowest BCUT2D eigenvalue weighted by molar-refractivity contribution is 0.0694. The number of rotatable bonds is 4. The Hall–Kier alpha value is -1.42. The largest absolute Gasteiger partial charge is 0.478 e. The number of carbonyl (C=O) groups is 1. The van der Waals surface area contributed by atoms with Gasteiger partial charge < -0.3 is 5.11 Å². The molecule has 0 spiro atoms. The van der Waals surface area contributed by atoms with E-state index in [1.165, 1.54) is 18.9 Å². The van der Waals surface area contributed by atoms with Crippen LogP contribution in [-0.4, -0.2) is 29.1 Å². The van der Waals surface area contributed by atoms with Crippen molar-refractivity contribution in [1.82, 2.24) is 4.90 Å². The van der Waals surface area contributed by atoms with Crippen LogP contribution in [0.2, 0.25) is 0 Å². The first-order valence-corrected chi connectivity index (χ1v) is 5.30. The van der Waals surface area contributed by atoms with Gasteiger partial charge in [0.2, 0.25) is 0 Å². The molecule has 0 heterocycles. The minimum atomic E-state index is -1.07. The van der Waals surface area contributed by atoms with Crippen LogP contribution in [-0.2, 0) is 6.54 Å². The van der Waals surface area contributed by atoms with E-state index in [0.29, 0.717) is 18.2 Å². The molecule has 1 aromatic carbocycles. The second kappa shape index (κ2) is 4.22. The predicted octanol–water partition coefficient (Wildman–Crippen LogP) is 2.12. The molecule has 0 radical (unpaired) electrons. The van der Waals surface area contributed by atoms with Crippen molar-refractivity contribution in [3.8, 4) is 0 Å². The normalized spacial score (nSPS) is 15.4. The van der Waals surface area contributed by atoms with Gasteiger partial charge in [0.05, 0.1) is 5.56 Å². The molecule has 1 aliphatic rings. The topological polar surface area (TPSA) is 40.5 Å². The van der Waals surface area contributed by atoms with Crippen LogP contribution in [0.1, 0.15) is 28.8 Å². The predicted molar refractivity (Wildman–Crippen MR) is 57.8 cm³/mol. The number of carboxylic acid groups (broad SMARTS) is 1. The summed E-state index contributed by atoms with van der Waals surface area (Å²) >= 11 is 0. The quantitative estimate of drug-likeness (QED) is 0.850. The molecule has 1 aromatic rings. The Morgan fingerprint density at radius 2 is 2.25 bits per heavy atom. The highest BCUT2D eigenvalue weighted by Crippen LogP contribution is 2.27. The Kier molecular flexibility index (Phi) is 2.92. The lowest BCUT2D eigenvalue weighted by atomic mass is 10.1. The number of hydrogen-bond acceptors (Lipinski definition) is 2. The standard InChI is InChI=1S/C12H14FNO2/c1-14(10-4-5-10)7-8-2-3-9(13)6-11(8)12(15)16/h2-3,6,10H,4-5,7H2,1H3,(H,15,16). The van der Waals surface area contributed by atoms with Crippen LogP contribution >= 0.6 is 0 Å². The third-order valence-corrected chi connectivity index (χ3v) is 2.89. The van der Waals surface area contributed by atoms with Crippen LogP contribution in [0.15, 0.2) is 18.2 Å². The van der Waals surface area contributed by atoms with Crippen LogP contribution in [0, 0.1) is 5.82 Å². The number of benzene rings is 1. The molecule has 4 heteroatoms. The summed E-state index contributed by atoms with van der Waals surface area (Å²) in [5.41, 5.74) is 0.732. The molecule has 2 rings (SSSR count). The maximum atomic E-state index is 12.9. The highest BCUT2D eigenvalue weighted by atomic mass is 19.1. The molecule has 3 nitrogen and oxygen atoms in total. The van der Waals surface area contributed by atoms with E-state index in [2.05, 4.69) is 4.90 Å². The highest BCUT2D eigenvalue weighted by molar-refractivity contribution is 5.89. The van der Waals surface area contributed by atoms with Crippen LogP contribution in [0.5, 0.6) is 0 Å². The fourth-order valence-electron chi connectivity index (χ4n) is 1.80. The number of hydrogen-bond donors (Lipinski definition) is 1. The van der Waals surface area contributed by atoms with Gasteiger partial charge in [0, 0.05) is 12.6 Å². The van der Waals surface area contributed by atoms with Crippen molar-refractivity contribution in [2.24, 2.45) is 0 Å². The van der Waals surface area contributed by atoms with Crippen molar-refractivity contribution in [1.29, 1.82) is 0 Å². The summed E-state index contributed by atoms with van der Waals surface area (Å²) in [4.78, 5) is 13.1. The molecule has 0 unspecified atom stereocenters. The van der Waals surface area contributed by atoms with Gasteiger partial charge in [-0.15, -0.1) is 0 Å². The number of carboxylic acids is 1. The average molecular weight is 223 g/mol. The van der Waals surface area contributed by atoms with Gasteiger partial charge in [-0.1, -0.05) is 6.07 Å². The van der Waals surface area contributed by atoms with Gasteiger partial charge in [-0.25, -0.2) is 9.18 Å².